The minimum Gasteiger partial charge on any atom is -0.497 e. The fourth-order valence-electron chi connectivity index (χ4n) is 4.85. The Morgan fingerprint density at radius 3 is 2.50 bits per heavy atom. The molecule has 9 nitrogen and oxygen atoms in total. The number of amides is 2. The summed E-state index contributed by atoms with van der Waals surface area (Å²) in [4.78, 5) is 28.2. The van der Waals surface area contributed by atoms with Crippen LogP contribution in [0.5, 0.6) is 11.6 Å². The predicted molar refractivity (Wildman–Crippen MR) is 133 cm³/mol. The molecule has 2 N–H and O–H groups in total. The number of hydrogen-bond acceptors (Lipinski definition) is 7. The molecule has 1 aliphatic rings. The summed E-state index contributed by atoms with van der Waals surface area (Å²) >= 11 is 0. The lowest BCUT2D eigenvalue weighted by Crippen LogP contribution is -2.46. The highest BCUT2D eigenvalue weighted by Crippen LogP contribution is 2.35. The maximum Gasteiger partial charge on any atom is 0.251 e. The molecule has 3 aromatic rings. The molecule has 0 spiro atoms. The maximum absolute atomic E-state index is 15.0. The standard InChI is InChI=1S/C27H29F2N3O6/c1-27(2,14-36-3)24-20(28)10-16(11-21(24)29)30-26(35)25-19-6-5-17(37-4)9-15(19)7-8-32(25)23(34)13-18-12-22(33)31-38-18/h5-6,9-12,25H,7-8,13-14H2,1-4H3,(H,30,35)(H,31,33)/t25-/m1/s1. The summed E-state index contributed by atoms with van der Waals surface area (Å²) in [6.45, 7) is 3.60. The molecule has 1 aliphatic heterocycles. The van der Waals surface area contributed by atoms with Gasteiger partial charge in [-0.15, -0.1) is 0 Å². The molecule has 38 heavy (non-hydrogen) atoms. The van der Waals surface area contributed by atoms with Gasteiger partial charge in [0.2, 0.25) is 5.91 Å². The molecular formula is C27H29F2N3O6. The Labute approximate surface area is 218 Å². The molecule has 11 heteroatoms. The number of rotatable bonds is 8. The molecule has 1 aromatic heterocycles. The molecule has 2 aromatic carbocycles. The SMILES string of the molecule is COCC(C)(C)c1c(F)cc(NC(=O)[C@H]2c3ccc(OC)cc3CCN2C(=O)Cc2cc(O)no2)cc1F. The zero-order valence-electron chi connectivity index (χ0n) is 21.5. The summed E-state index contributed by atoms with van der Waals surface area (Å²) in [6.07, 6.45) is 0.214. The van der Waals surface area contributed by atoms with Crippen LogP contribution in [0.25, 0.3) is 0 Å². The summed E-state index contributed by atoms with van der Waals surface area (Å²) in [5.41, 5.74) is 0.183. The first-order valence-corrected chi connectivity index (χ1v) is 11.9. The lowest BCUT2D eigenvalue weighted by molar-refractivity contribution is -0.139. The van der Waals surface area contributed by atoms with Gasteiger partial charge in [-0.05, 0) is 47.0 Å². The molecule has 2 heterocycles. The van der Waals surface area contributed by atoms with E-state index in [1.54, 1.807) is 32.0 Å². The fraction of sp³-hybridized carbons (Fsp3) is 0.370. The number of aromatic hydroxyl groups is 1. The maximum atomic E-state index is 15.0. The smallest absolute Gasteiger partial charge is 0.251 e. The minimum atomic E-state index is -1.09. The van der Waals surface area contributed by atoms with Gasteiger partial charge < -0.3 is 29.3 Å². The summed E-state index contributed by atoms with van der Waals surface area (Å²) in [5.74, 6) is -2.38. The van der Waals surface area contributed by atoms with Crippen LogP contribution in [0.1, 0.15) is 42.3 Å². The van der Waals surface area contributed by atoms with Crippen LogP contribution in [-0.2, 0) is 32.6 Å². The van der Waals surface area contributed by atoms with Crippen LogP contribution >= 0.6 is 0 Å². The van der Waals surface area contributed by atoms with Gasteiger partial charge in [-0.3, -0.25) is 9.59 Å². The van der Waals surface area contributed by atoms with E-state index in [1.165, 1.54) is 25.2 Å². The molecule has 0 radical (unpaired) electrons. The number of nitrogens with zero attached hydrogens (tertiary/aromatic N) is 2. The van der Waals surface area contributed by atoms with Crippen molar-refractivity contribution in [3.63, 3.8) is 0 Å². The van der Waals surface area contributed by atoms with Crippen LogP contribution in [0.3, 0.4) is 0 Å². The zero-order chi connectivity index (χ0) is 27.6. The number of anilines is 1. The van der Waals surface area contributed by atoms with Crippen molar-refractivity contribution in [2.75, 3.05) is 32.7 Å². The van der Waals surface area contributed by atoms with E-state index in [1.807, 2.05) is 0 Å². The normalized spacial score (nSPS) is 15.2. The number of hydrogen-bond donors (Lipinski definition) is 2. The Balaban J connectivity index is 1.66. The molecule has 1 atom stereocenters. The van der Waals surface area contributed by atoms with E-state index >= 15 is 8.78 Å². The van der Waals surface area contributed by atoms with Crippen LogP contribution in [0.4, 0.5) is 14.5 Å². The van der Waals surface area contributed by atoms with E-state index in [4.69, 9.17) is 14.0 Å². The number of nitrogens with one attached hydrogen (secondary N) is 1. The van der Waals surface area contributed by atoms with Crippen molar-refractivity contribution in [2.45, 2.75) is 38.1 Å². The number of methoxy groups -OCH3 is 2. The largest absolute Gasteiger partial charge is 0.497 e. The van der Waals surface area contributed by atoms with Gasteiger partial charge in [-0.1, -0.05) is 19.9 Å². The van der Waals surface area contributed by atoms with E-state index in [9.17, 15) is 14.7 Å². The van der Waals surface area contributed by atoms with Gasteiger partial charge in [0.25, 0.3) is 11.8 Å². The third kappa shape index (κ3) is 5.47. The molecular weight excluding hydrogens is 500 g/mol. The topological polar surface area (TPSA) is 114 Å². The van der Waals surface area contributed by atoms with Crippen molar-refractivity contribution >= 4 is 17.5 Å². The highest BCUT2D eigenvalue weighted by molar-refractivity contribution is 5.98. The quantitative estimate of drug-likeness (QED) is 0.455. The Morgan fingerprint density at radius 1 is 1.18 bits per heavy atom. The van der Waals surface area contributed by atoms with Crippen LogP contribution in [0.2, 0.25) is 0 Å². The van der Waals surface area contributed by atoms with Gasteiger partial charge in [-0.25, -0.2) is 8.78 Å². The van der Waals surface area contributed by atoms with Gasteiger partial charge in [0, 0.05) is 36.4 Å². The van der Waals surface area contributed by atoms with Crippen molar-refractivity contribution in [1.82, 2.24) is 10.1 Å². The van der Waals surface area contributed by atoms with E-state index in [2.05, 4.69) is 10.5 Å². The third-order valence-corrected chi connectivity index (χ3v) is 6.51. The molecule has 0 saturated carbocycles. The summed E-state index contributed by atoms with van der Waals surface area (Å²) in [5, 5.41) is 15.4. The predicted octanol–water partition coefficient (Wildman–Crippen LogP) is 3.90. The van der Waals surface area contributed by atoms with Crippen LogP contribution in [-0.4, -0.2) is 54.3 Å². The number of carbonyl (C=O) groups is 2. The second-order valence-corrected chi connectivity index (χ2v) is 9.75. The second-order valence-electron chi connectivity index (χ2n) is 9.75. The average Bonchev–Trinajstić information content (AvgIpc) is 3.26. The number of fused-ring (bicyclic) bond motifs is 1. The first-order chi connectivity index (χ1) is 18.0. The number of carbonyl (C=O) groups excluding carboxylic acids is 2. The van der Waals surface area contributed by atoms with Crippen LogP contribution < -0.4 is 10.1 Å². The molecule has 0 unspecified atom stereocenters. The van der Waals surface area contributed by atoms with E-state index in [-0.39, 0.29) is 42.5 Å². The second kappa shape index (κ2) is 10.8. The minimum absolute atomic E-state index is 0.0878. The van der Waals surface area contributed by atoms with Crippen LogP contribution in [0, 0.1) is 11.6 Å². The monoisotopic (exact) mass is 529 g/mol. The molecule has 0 fully saturated rings. The molecule has 202 valence electrons. The third-order valence-electron chi connectivity index (χ3n) is 6.51. The lowest BCUT2D eigenvalue weighted by atomic mass is 9.84. The summed E-state index contributed by atoms with van der Waals surface area (Å²) < 4.78 is 45.4. The Morgan fingerprint density at radius 2 is 1.89 bits per heavy atom. The summed E-state index contributed by atoms with van der Waals surface area (Å²) in [7, 11) is 2.97. The molecule has 0 aliphatic carbocycles. The van der Waals surface area contributed by atoms with Crippen molar-refractivity contribution in [2.24, 2.45) is 0 Å². The highest BCUT2D eigenvalue weighted by Gasteiger charge is 2.37. The van der Waals surface area contributed by atoms with Crippen molar-refractivity contribution < 1.29 is 37.5 Å². The van der Waals surface area contributed by atoms with Gasteiger partial charge in [0.05, 0.1) is 20.1 Å². The average molecular weight is 530 g/mol. The Hall–Kier alpha value is -3.99. The van der Waals surface area contributed by atoms with E-state index in [0.29, 0.717) is 17.7 Å². The first-order valence-electron chi connectivity index (χ1n) is 11.9. The number of benzene rings is 2. The summed E-state index contributed by atoms with van der Waals surface area (Å²) in [6, 6.07) is 7.38. The molecule has 0 saturated heterocycles. The van der Waals surface area contributed by atoms with E-state index in [0.717, 1.165) is 17.7 Å². The first kappa shape index (κ1) is 27.1. The van der Waals surface area contributed by atoms with Crippen molar-refractivity contribution in [3.8, 4) is 11.6 Å². The molecule has 2 amide bonds. The molecule has 0 bridgehead atoms. The number of aromatic nitrogens is 1. The van der Waals surface area contributed by atoms with E-state index < -0.39 is 34.9 Å². The fourth-order valence-corrected chi connectivity index (χ4v) is 4.85. The zero-order valence-corrected chi connectivity index (χ0v) is 21.5. The van der Waals surface area contributed by atoms with Gasteiger partial charge in [0.15, 0.2) is 0 Å². The van der Waals surface area contributed by atoms with Gasteiger partial charge >= 0.3 is 0 Å². The molecule has 4 rings (SSSR count). The van der Waals surface area contributed by atoms with Crippen molar-refractivity contribution in [1.29, 1.82) is 0 Å². The van der Waals surface area contributed by atoms with Crippen molar-refractivity contribution in [3.05, 3.63) is 70.5 Å². The Kier molecular flexibility index (Phi) is 7.68. The van der Waals surface area contributed by atoms with Crippen LogP contribution in [0.15, 0.2) is 40.9 Å². The number of halogens is 2. The lowest BCUT2D eigenvalue weighted by Gasteiger charge is -2.36. The van der Waals surface area contributed by atoms with Gasteiger partial charge in [0.1, 0.15) is 29.2 Å². The highest BCUT2D eigenvalue weighted by atomic mass is 19.1. The van der Waals surface area contributed by atoms with Gasteiger partial charge in [-0.2, -0.15) is 0 Å². The Bertz CT molecular complexity index is 1330. The number of ether oxygens (including phenoxy) is 2.